The average molecular weight is 212 g/mol. The molecule has 1 unspecified atom stereocenters. The molecule has 2 aromatic rings. The van der Waals surface area contributed by atoms with E-state index in [-0.39, 0.29) is 5.92 Å². The summed E-state index contributed by atoms with van der Waals surface area (Å²) in [7, 11) is 0. The first-order chi connectivity index (χ1) is 7.31. The number of aryl methyl sites for hydroxylation is 1. The van der Waals surface area contributed by atoms with Gasteiger partial charge in [-0.2, -0.15) is 0 Å². The van der Waals surface area contributed by atoms with Crippen molar-refractivity contribution in [2.24, 2.45) is 0 Å². The summed E-state index contributed by atoms with van der Waals surface area (Å²) in [6, 6.07) is 14.4. The van der Waals surface area contributed by atoms with Gasteiger partial charge in [-0.05, 0) is 31.2 Å². The molecule has 0 spiro atoms. The van der Waals surface area contributed by atoms with E-state index in [0.29, 0.717) is 0 Å². The van der Waals surface area contributed by atoms with Crippen LogP contribution in [-0.4, -0.2) is 0 Å². The molecule has 1 atom stereocenters. The molecule has 1 aromatic carbocycles. The molecule has 0 saturated carbocycles. The van der Waals surface area contributed by atoms with Crippen LogP contribution in [0.4, 0.5) is 0 Å². The maximum Gasteiger partial charge on any atom is 0.0373 e. The van der Waals surface area contributed by atoms with Crippen LogP contribution >= 0.6 is 11.3 Å². The topological polar surface area (TPSA) is 0 Å². The van der Waals surface area contributed by atoms with E-state index in [1.54, 1.807) is 11.3 Å². The Balaban J connectivity index is 2.37. The summed E-state index contributed by atoms with van der Waals surface area (Å²) < 4.78 is 0. The lowest BCUT2D eigenvalue weighted by Crippen LogP contribution is -1.93. The lowest BCUT2D eigenvalue weighted by molar-refractivity contribution is 1.06. The molecule has 1 aromatic heterocycles. The van der Waals surface area contributed by atoms with Crippen LogP contribution in [-0.2, 0) is 0 Å². The quantitative estimate of drug-likeness (QED) is 0.720. The summed E-state index contributed by atoms with van der Waals surface area (Å²) in [5, 5.41) is 0. The minimum absolute atomic E-state index is 0.116. The van der Waals surface area contributed by atoms with Gasteiger partial charge in [0.2, 0.25) is 0 Å². The molecule has 0 aliphatic heterocycles. The van der Waals surface area contributed by atoms with E-state index in [4.69, 9.17) is 6.58 Å². The fraction of sp³-hybridized carbons (Fsp3) is 0.143. The van der Waals surface area contributed by atoms with Crippen molar-refractivity contribution < 1.29 is 0 Å². The van der Waals surface area contributed by atoms with Crippen LogP contribution in [0.15, 0.2) is 48.5 Å². The first-order valence-electron chi connectivity index (χ1n) is 4.93. The van der Waals surface area contributed by atoms with E-state index in [9.17, 15) is 0 Å². The Bertz CT molecular complexity index is 439. The Kier molecular flexibility index (Phi) is 3.02. The molecule has 2 radical (unpaired) electrons. The van der Waals surface area contributed by atoms with Gasteiger partial charge in [-0.15, -0.1) is 11.3 Å². The van der Waals surface area contributed by atoms with E-state index >= 15 is 0 Å². The van der Waals surface area contributed by atoms with Gasteiger partial charge in [0.1, 0.15) is 0 Å². The summed E-state index contributed by atoms with van der Waals surface area (Å²) >= 11 is 1.76. The van der Waals surface area contributed by atoms with Gasteiger partial charge in [0.25, 0.3) is 0 Å². The zero-order chi connectivity index (χ0) is 10.7. The van der Waals surface area contributed by atoms with Crippen molar-refractivity contribution in [3.63, 3.8) is 0 Å². The van der Waals surface area contributed by atoms with Crippen molar-refractivity contribution in [1.82, 2.24) is 0 Å². The number of hydrogen-bond donors (Lipinski definition) is 0. The summed E-state index contributed by atoms with van der Waals surface area (Å²) in [6.07, 6.45) is 1.51. The van der Waals surface area contributed by atoms with Crippen LogP contribution in [0.25, 0.3) is 0 Å². The fourth-order valence-electron chi connectivity index (χ4n) is 1.62. The van der Waals surface area contributed by atoms with Crippen LogP contribution in [0.3, 0.4) is 0 Å². The van der Waals surface area contributed by atoms with Gasteiger partial charge in [-0.3, -0.25) is 0 Å². The molecule has 0 fully saturated rings. The average Bonchev–Trinajstić information content (AvgIpc) is 2.68. The van der Waals surface area contributed by atoms with Crippen molar-refractivity contribution in [2.75, 3.05) is 0 Å². The van der Waals surface area contributed by atoms with E-state index < -0.39 is 0 Å². The molecule has 0 nitrogen and oxygen atoms in total. The third-order valence-corrected chi connectivity index (χ3v) is 3.48. The van der Waals surface area contributed by atoms with Crippen LogP contribution < -0.4 is 0 Å². The number of hydrogen-bond acceptors (Lipinski definition) is 1. The van der Waals surface area contributed by atoms with Gasteiger partial charge in [0, 0.05) is 15.7 Å². The fourth-order valence-corrected chi connectivity index (χ4v) is 2.60. The van der Waals surface area contributed by atoms with Crippen LogP contribution in [0.5, 0.6) is 0 Å². The van der Waals surface area contributed by atoms with Gasteiger partial charge in [0.15, 0.2) is 0 Å². The Hall–Kier alpha value is -1.34. The second-order valence-corrected chi connectivity index (χ2v) is 4.82. The highest BCUT2D eigenvalue weighted by Gasteiger charge is 2.11. The number of allylic oxidation sites excluding steroid dienone is 1. The number of benzene rings is 1. The Morgan fingerprint density at radius 1 is 1.13 bits per heavy atom. The lowest BCUT2D eigenvalue weighted by Gasteiger charge is -2.09. The summed E-state index contributed by atoms with van der Waals surface area (Å²) in [4.78, 5) is 2.54. The second kappa shape index (κ2) is 4.45. The first-order valence-corrected chi connectivity index (χ1v) is 5.75. The van der Waals surface area contributed by atoms with Crippen molar-refractivity contribution in [3.8, 4) is 0 Å². The van der Waals surface area contributed by atoms with Gasteiger partial charge >= 0.3 is 0 Å². The molecule has 2 rings (SSSR count). The van der Waals surface area contributed by atoms with Crippen molar-refractivity contribution >= 4 is 11.3 Å². The van der Waals surface area contributed by atoms with E-state index in [1.807, 2.05) is 18.2 Å². The SMILES string of the molecule is [C]=CC(c1ccccc1)c1ccc(C)s1. The van der Waals surface area contributed by atoms with Crippen molar-refractivity contribution in [2.45, 2.75) is 12.8 Å². The molecule has 0 aliphatic rings. The third-order valence-electron chi connectivity index (χ3n) is 2.39. The normalized spacial score (nSPS) is 12.3. The highest BCUT2D eigenvalue weighted by molar-refractivity contribution is 7.12. The molecule has 0 amide bonds. The van der Waals surface area contributed by atoms with Crippen LogP contribution in [0.1, 0.15) is 21.2 Å². The summed E-state index contributed by atoms with van der Waals surface area (Å²) in [6.45, 7) is 9.62. The molecular weight excluding hydrogens is 200 g/mol. The zero-order valence-corrected chi connectivity index (χ0v) is 9.42. The Morgan fingerprint density at radius 3 is 2.40 bits per heavy atom. The van der Waals surface area contributed by atoms with Crippen molar-refractivity contribution in [1.29, 1.82) is 0 Å². The summed E-state index contributed by atoms with van der Waals surface area (Å²) in [5.74, 6) is 0.116. The van der Waals surface area contributed by atoms with Gasteiger partial charge < -0.3 is 0 Å². The largest absolute Gasteiger partial charge is 0.145 e. The highest BCUT2D eigenvalue weighted by atomic mass is 32.1. The molecule has 0 N–H and O–H groups in total. The highest BCUT2D eigenvalue weighted by Crippen LogP contribution is 2.30. The maximum absolute atomic E-state index is 7.53. The maximum atomic E-state index is 7.53. The predicted molar refractivity (Wildman–Crippen MR) is 65.2 cm³/mol. The molecule has 15 heavy (non-hydrogen) atoms. The second-order valence-electron chi connectivity index (χ2n) is 3.50. The third kappa shape index (κ3) is 2.18. The van der Waals surface area contributed by atoms with Gasteiger partial charge in [0.05, 0.1) is 0 Å². The Labute approximate surface area is 94.9 Å². The Morgan fingerprint density at radius 2 is 1.87 bits per heavy atom. The molecular formula is C14H12S. The molecule has 0 bridgehead atoms. The standard InChI is InChI=1S/C14H12S/c1-3-13(12-7-5-4-6-8-12)14-10-9-11(2)15-14/h3-10,13H,2H3. The molecule has 1 heterocycles. The van der Waals surface area contributed by atoms with E-state index in [0.717, 1.165) is 0 Å². The summed E-state index contributed by atoms with van der Waals surface area (Å²) in [5.41, 5.74) is 1.19. The van der Waals surface area contributed by atoms with Crippen LogP contribution in [0.2, 0.25) is 0 Å². The molecule has 0 aliphatic carbocycles. The first kappa shape index (κ1) is 10.2. The van der Waals surface area contributed by atoms with Gasteiger partial charge in [-0.25, -0.2) is 0 Å². The van der Waals surface area contributed by atoms with Gasteiger partial charge in [-0.1, -0.05) is 36.4 Å². The molecule has 74 valence electrons. The number of rotatable bonds is 3. The van der Waals surface area contributed by atoms with E-state index in [1.165, 1.54) is 21.4 Å². The number of thiophene rings is 1. The monoisotopic (exact) mass is 212 g/mol. The van der Waals surface area contributed by atoms with Crippen molar-refractivity contribution in [3.05, 3.63) is 70.4 Å². The lowest BCUT2D eigenvalue weighted by atomic mass is 9.98. The van der Waals surface area contributed by atoms with Crippen LogP contribution in [0, 0.1) is 13.5 Å². The minimum Gasteiger partial charge on any atom is -0.145 e. The molecule has 1 heteroatoms. The molecule has 0 saturated heterocycles. The van der Waals surface area contributed by atoms with E-state index in [2.05, 4.69) is 31.2 Å². The minimum atomic E-state index is 0.116. The smallest absolute Gasteiger partial charge is 0.0373 e. The zero-order valence-electron chi connectivity index (χ0n) is 8.60. The predicted octanol–water partition coefficient (Wildman–Crippen LogP) is 4.05.